The van der Waals surface area contributed by atoms with E-state index in [0.29, 0.717) is 16.9 Å². The lowest BCUT2D eigenvalue weighted by Crippen LogP contribution is -2.11. The Bertz CT molecular complexity index is 1120. The summed E-state index contributed by atoms with van der Waals surface area (Å²) in [6.07, 6.45) is 0. The van der Waals surface area contributed by atoms with E-state index in [-0.39, 0.29) is 17.1 Å². The van der Waals surface area contributed by atoms with E-state index in [2.05, 4.69) is 4.98 Å². The van der Waals surface area contributed by atoms with E-state index in [1.807, 2.05) is 25.1 Å². The number of amidine groups is 1. The van der Waals surface area contributed by atoms with Gasteiger partial charge in [0.25, 0.3) is 11.8 Å². The van der Waals surface area contributed by atoms with Crippen molar-refractivity contribution in [2.24, 2.45) is 5.73 Å². The second-order valence-corrected chi connectivity index (χ2v) is 6.96. The van der Waals surface area contributed by atoms with E-state index in [4.69, 9.17) is 20.6 Å². The summed E-state index contributed by atoms with van der Waals surface area (Å²) in [6, 6.07) is 11.8. The quantitative estimate of drug-likeness (QED) is 0.444. The highest BCUT2D eigenvalue weighted by molar-refractivity contribution is 5.95. The number of ether oxygens (including phenoxy) is 2. The number of benzene rings is 2. The Labute approximate surface area is 173 Å². The maximum absolute atomic E-state index is 14.7. The molecule has 1 aromatic heterocycles. The summed E-state index contributed by atoms with van der Waals surface area (Å²) in [5.74, 6) is -2.25. The number of rotatable bonds is 6. The third-order valence-electron chi connectivity index (χ3n) is 4.49. The van der Waals surface area contributed by atoms with Gasteiger partial charge >= 0.3 is 0 Å². The van der Waals surface area contributed by atoms with Crippen LogP contribution in [0.4, 0.5) is 14.5 Å². The van der Waals surface area contributed by atoms with Gasteiger partial charge in [0.15, 0.2) is 11.6 Å². The third-order valence-corrected chi connectivity index (χ3v) is 4.49. The van der Waals surface area contributed by atoms with Crippen molar-refractivity contribution in [1.29, 1.82) is 5.41 Å². The van der Waals surface area contributed by atoms with Crippen LogP contribution < -0.4 is 20.1 Å². The van der Waals surface area contributed by atoms with Gasteiger partial charge in [0.1, 0.15) is 17.3 Å². The van der Waals surface area contributed by atoms with Gasteiger partial charge in [-0.25, -0.2) is 8.78 Å². The number of aryl methyl sites for hydroxylation is 1. The summed E-state index contributed by atoms with van der Waals surface area (Å²) in [6.45, 7) is 3.03. The molecule has 0 saturated heterocycles. The van der Waals surface area contributed by atoms with Crippen LogP contribution in [0.3, 0.4) is 0 Å². The van der Waals surface area contributed by atoms with Crippen LogP contribution in [-0.4, -0.2) is 24.9 Å². The average Bonchev–Trinajstić information content (AvgIpc) is 2.71. The van der Waals surface area contributed by atoms with E-state index in [1.165, 1.54) is 13.0 Å². The number of nitrogens with one attached hydrogen (secondary N) is 1. The van der Waals surface area contributed by atoms with Crippen LogP contribution in [-0.2, 0) is 0 Å². The van der Waals surface area contributed by atoms with Crippen molar-refractivity contribution < 1.29 is 18.3 Å². The molecule has 0 fully saturated rings. The maximum Gasteiger partial charge on any atom is 0.259 e. The molecule has 0 bridgehead atoms. The Hall–Kier alpha value is -3.68. The Balaban J connectivity index is 2.00. The minimum atomic E-state index is -0.936. The van der Waals surface area contributed by atoms with Crippen LogP contribution in [0.1, 0.15) is 16.7 Å². The molecule has 8 heteroatoms. The zero-order chi connectivity index (χ0) is 22.0. The van der Waals surface area contributed by atoms with Crippen LogP contribution in [0, 0.1) is 30.9 Å². The first-order chi connectivity index (χ1) is 14.2. The summed E-state index contributed by atoms with van der Waals surface area (Å²) in [7, 11) is 3.73. The molecular formula is C22H22F2N4O2. The van der Waals surface area contributed by atoms with E-state index in [1.54, 1.807) is 37.3 Å². The van der Waals surface area contributed by atoms with Crippen molar-refractivity contribution in [2.75, 3.05) is 19.0 Å². The van der Waals surface area contributed by atoms with E-state index < -0.39 is 23.4 Å². The van der Waals surface area contributed by atoms with Gasteiger partial charge in [-0.05, 0) is 37.6 Å². The maximum atomic E-state index is 14.7. The summed E-state index contributed by atoms with van der Waals surface area (Å²) in [5.41, 5.74) is 7.16. The molecule has 0 aliphatic heterocycles. The molecule has 30 heavy (non-hydrogen) atoms. The number of pyridine rings is 1. The molecule has 156 valence electrons. The number of aromatic nitrogens is 1. The van der Waals surface area contributed by atoms with Crippen LogP contribution >= 0.6 is 0 Å². The number of hydrogen-bond donors (Lipinski definition) is 2. The summed E-state index contributed by atoms with van der Waals surface area (Å²) in [5, 5.41) is 7.55. The van der Waals surface area contributed by atoms with Crippen LogP contribution in [0.5, 0.6) is 23.3 Å². The number of nitrogens with two attached hydrogens (primary N) is 1. The first-order valence-corrected chi connectivity index (χ1v) is 9.11. The first-order valence-electron chi connectivity index (χ1n) is 9.11. The summed E-state index contributed by atoms with van der Waals surface area (Å²) in [4.78, 5) is 5.79. The predicted molar refractivity (Wildman–Crippen MR) is 112 cm³/mol. The van der Waals surface area contributed by atoms with Gasteiger partial charge in [-0.1, -0.05) is 18.2 Å². The van der Waals surface area contributed by atoms with Gasteiger partial charge in [0, 0.05) is 37.0 Å². The van der Waals surface area contributed by atoms with Crippen molar-refractivity contribution in [1.82, 2.24) is 4.98 Å². The van der Waals surface area contributed by atoms with E-state index in [9.17, 15) is 8.78 Å². The monoisotopic (exact) mass is 412 g/mol. The highest BCUT2D eigenvalue weighted by Crippen LogP contribution is 2.34. The highest BCUT2D eigenvalue weighted by Gasteiger charge is 2.21. The molecule has 6 nitrogen and oxygen atoms in total. The molecule has 1 heterocycles. The van der Waals surface area contributed by atoms with Crippen molar-refractivity contribution in [3.05, 3.63) is 70.8 Å². The van der Waals surface area contributed by atoms with Gasteiger partial charge in [-0.2, -0.15) is 4.98 Å². The third kappa shape index (κ3) is 4.32. The minimum absolute atomic E-state index is 0.159. The van der Waals surface area contributed by atoms with Gasteiger partial charge in [0.05, 0.1) is 0 Å². The number of nitrogen functional groups attached to an aromatic ring is 1. The fourth-order valence-corrected chi connectivity index (χ4v) is 2.66. The Morgan fingerprint density at radius 1 is 1.00 bits per heavy atom. The Morgan fingerprint density at radius 2 is 1.67 bits per heavy atom. The number of hydrogen-bond acceptors (Lipinski definition) is 5. The highest BCUT2D eigenvalue weighted by atomic mass is 19.1. The number of anilines is 1. The molecule has 0 aliphatic carbocycles. The van der Waals surface area contributed by atoms with Crippen molar-refractivity contribution in [2.45, 2.75) is 13.8 Å². The largest absolute Gasteiger partial charge is 0.436 e. The zero-order valence-electron chi connectivity index (χ0n) is 17.1. The van der Waals surface area contributed by atoms with Gasteiger partial charge < -0.3 is 20.1 Å². The minimum Gasteiger partial charge on any atom is -0.436 e. The topological polar surface area (TPSA) is 84.5 Å². The lowest BCUT2D eigenvalue weighted by molar-refractivity contribution is 0.372. The Morgan fingerprint density at radius 3 is 2.30 bits per heavy atom. The molecule has 0 saturated carbocycles. The molecular weight excluding hydrogens is 390 g/mol. The Kier molecular flexibility index (Phi) is 5.86. The second kappa shape index (κ2) is 8.36. The summed E-state index contributed by atoms with van der Waals surface area (Å²) < 4.78 is 40.5. The van der Waals surface area contributed by atoms with Gasteiger partial charge in [-0.3, -0.25) is 5.41 Å². The molecule has 3 rings (SSSR count). The lowest BCUT2D eigenvalue weighted by Gasteiger charge is -2.15. The summed E-state index contributed by atoms with van der Waals surface area (Å²) >= 11 is 0. The number of halogens is 2. The van der Waals surface area contributed by atoms with Crippen molar-refractivity contribution >= 4 is 11.5 Å². The van der Waals surface area contributed by atoms with Gasteiger partial charge in [-0.15, -0.1) is 0 Å². The first kappa shape index (κ1) is 21.0. The number of nitrogens with zero attached hydrogens (tertiary/aromatic N) is 2. The molecule has 2 aromatic carbocycles. The molecule has 0 aliphatic rings. The molecule has 0 atom stereocenters. The zero-order valence-corrected chi connectivity index (χ0v) is 17.1. The molecule has 0 spiro atoms. The van der Waals surface area contributed by atoms with Crippen molar-refractivity contribution in [3.63, 3.8) is 0 Å². The second-order valence-electron chi connectivity index (χ2n) is 6.96. The fraction of sp³-hybridized carbons (Fsp3) is 0.182. The van der Waals surface area contributed by atoms with E-state index >= 15 is 0 Å². The van der Waals surface area contributed by atoms with Crippen molar-refractivity contribution in [3.8, 4) is 23.3 Å². The molecule has 0 amide bonds. The lowest BCUT2D eigenvalue weighted by atomic mass is 10.1. The molecule has 0 unspecified atom stereocenters. The van der Waals surface area contributed by atoms with Crippen LogP contribution in [0.15, 0.2) is 42.5 Å². The smallest absolute Gasteiger partial charge is 0.259 e. The molecule has 0 radical (unpaired) electrons. The SMILES string of the molecule is Cc1ccc(C(=N)N)cc1Oc1nc(Oc2cccc(N(C)C)c2)c(F)c(C)c1F. The van der Waals surface area contributed by atoms with Crippen LogP contribution in [0.2, 0.25) is 0 Å². The molecule has 3 aromatic rings. The average molecular weight is 412 g/mol. The fourth-order valence-electron chi connectivity index (χ4n) is 2.66. The standard InChI is InChI=1S/C22H22F2N4O2/c1-12-8-9-14(20(25)26)10-17(12)30-22-19(24)13(2)18(23)21(27-22)29-16-7-5-6-15(11-16)28(3)4/h5-11H,1-4H3,(H3,25,26). The normalized spacial score (nSPS) is 10.6. The van der Waals surface area contributed by atoms with E-state index in [0.717, 1.165) is 5.69 Å². The molecule has 3 N–H and O–H groups in total. The van der Waals surface area contributed by atoms with Crippen LogP contribution in [0.25, 0.3) is 0 Å². The van der Waals surface area contributed by atoms with Gasteiger partial charge in [0.2, 0.25) is 0 Å². The predicted octanol–water partition coefficient (Wildman–Crippen LogP) is 4.91.